The van der Waals surface area contributed by atoms with Gasteiger partial charge in [0.2, 0.25) is 0 Å². The van der Waals surface area contributed by atoms with Crippen molar-refractivity contribution in [2.24, 2.45) is 5.92 Å². The summed E-state index contributed by atoms with van der Waals surface area (Å²) in [5.41, 5.74) is 1.83. The van der Waals surface area contributed by atoms with Gasteiger partial charge in [0.05, 0.1) is 30.3 Å². The molecule has 0 amide bonds. The molecule has 4 aromatic rings. The van der Waals surface area contributed by atoms with Crippen molar-refractivity contribution in [1.82, 2.24) is 9.97 Å². The Morgan fingerprint density at radius 3 is 2.70 bits per heavy atom. The number of carboxylic acid groups (broad SMARTS) is 1. The number of carboxylic acids is 1. The Morgan fingerprint density at radius 2 is 1.97 bits per heavy atom. The number of hydrogen-bond acceptors (Lipinski definition) is 6. The average molecular weight is 482 g/mol. The number of methoxy groups -OCH3 is 1. The zero-order chi connectivity index (χ0) is 22.9. The third-order valence-corrected chi connectivity index (χ3v) is 7.74. The van der Waals surface area contributed by atoms with Crippen LogP contribution in [0.25, 0.3) is 20.3 Å². The summed E-state index contributed by atoms with van der Waals surface area (Å²) in [6, 6.07) is 13.9. The Morgan fingerprint density at radius 1 is 1.18 bits per heavy atom. The van der Waals surface area contributed by atoms with Crippen molar-refractivity contribution in [3.05, 3.63) is 59.0 Å². The molecule has 6 nitrogen and oxygen atoms in total. The van der Waals surface area contributed by atoms with E-state index in [2.05, 4.69) is 17.4 Å². The third-order valence-electron chi connectivity index (χ3n) is 6.38. The molecule has 0 spiro atoms. The predicted molar refractivity (Wildman–Crippen MR) is 133 cm³/mol. The number of hydrogen-bond donors (Lipinski definition) is 2. The molecule has 0 bridgehead atoms. The van der Waals surface area contributed by atoms with E-state index < -0.39 is 5.97 Å². The fourth-order valence-corrected chi connectivity index (χ4v) is 5.95. The second-order valence-corrected chi connectivity index (χ2v) is 9.83. The molecule has 5 rings (SSSR count). The number of rotatable bonds is 6. The standard InChI is InChI=1S/C25H24ClN3O3S/c1-32-20-11-10-16(12-18(20)26)27-13-19-22-17-4-2-3-5-21(17)33-24(22)29-23(28-19)14-6-8-15(9-7-14)25(30)31/h2-5,10-12,14-15,27H,6-9,13H2,1H3,(H,30,31). The minimum absolute atomic E-state index is 0.185. The van der Waals surface area contributed by atoms with Gasteiger partial charge in [0.1, 0.15) is 16.4 Å². The Labute approximate surface area is 200 Å². The van der Waals surface area contributed by atoms with E-state index >= 15 is 0 Å². The monoisotopic (exact) mass is 481 g/mol. The van der Waals surface area contributed by atoms with Gasteiger partial charge in [-0.15, -0.1) is 11.3 Å². The summed E-state index contributed by atoms with van der Waals surface area (Å²) in [6.45, 7) is 0.528. The van der Waals surface area contributed by atoms with Gasteiger partial charge in [-0.3, -0.25) is 4.79 Å². The molecule has 1 aliphatic rings. The Hall–Kier alpha value is -2.90. The molecule has 1 aliphatic carbocycles. The van der Waals surface area contributed by atoms with Gasteiger partial charge in [-0.25, -0.2) is 9.97 Å². The highest BCUT2D eigenvalue weighted by Crippen LogP contribution is 2.39. The van der Waals surface area contributed by atoms with E-state index in [0.717, 1.165) is 45.7 Å². The van der Waals surface area contributed by atoms with E-state index in [1.54, 1.807) is 18.4 Å². The van der Waals surface area contributed by atoms with Crippen LogP contribution in [0.15, 0.2) is 42.5 Å². The predicted octanol–water partition coefficient (Wildman–Crippen LogP) is 6.48. The molecule has 33 heavy (non-hydrogen) atoms. The molecule has 2 heterocycles. The van der Waals surface area contributed by atoms with E-state index in [1.165, 1.54) is 4.70 Å². The highest BCUT2D eigenvalue weighted by atomic mass is 35.5. The minimum atomic E-state index is -0.697. The highest BCUT2D eigenvalue weighted by molar-refractivity contribution is 7.25. The molecule has 2 aromatic heterocycles. The first kappa shape index (κ1) is 21.9. The molecule has 2 aromatic carbocycles. The van der Waals surface area contributed by atoms with Crippen molar-refractivity contribution < 1.29 is 14.6 Å². The number of anilines is 1. The van der Waals surface area contributed by atoms with Gasteiger partial charge in [0.15, 0.2) is 0 Å². The van der Waals surface area contributed by atoms with Crippen molar-refractivity contribution in [2.75, 3.05) is 12.4 Å². The molecule has 0 saturated heterocycles. The summed E-state index contributed by atoms with van der Waals surface area (Å²) in [4.78, 5) is 22.3. The Kier molecular flexibility index (Phi) is 6.08. The van der Waals surface area contributed by atoms with Crippen LogP contribution in [0.2, 0.25) is 5.02 Å². The van der Waals surface area contributed by atoms with Gasteiger partial charge in [-0.1, -0.05) is 29.8 Å². The summed E-state index contributed by atoms with van der Waals surface area (Å²) in [7, 11) is 1.60. The minimum Gasteiger partial charge on any atom is -0.495 e. The number of thiophene rings is 1. The van der Waals surface area contributed by atoms with E-state index in [1.807, 2.05) is 30.3 Å². The second-order valence-electron chi connectivity index (χ2n) is 8.40. The number of nitrogens with one attached hydrogen (secondary N) is 1. The second kappa shape index (κ2) is 9.15. The molecular weight excluding hydrogens is 458 g/mol. The summed E-state index contributed by atoms with van der Waals surface area (Å²) >= 11 is 7.97. The first-order chi connectivity index (χ1) is 16.0. The summed E-state index contributed by atoms with van der Waals surface area (Å²) < 4.78 is 6.43. The normalized spacial score (nSPS) is 18.5. The van der Waals surface area contributed by atoms with Crippen molar-refractivity contribution in [3.63, 3.8) is 0 Å². The number of fused-ring (bicyclic) bond motifs is 3. The molecule has 0 aliphatic heterocycles. The quantitative estimate of drug-likeness (QED) is 0.328. The number of benzene rings is 2. The lowest BCUT2D eigenvalue weighted by molar-refractivity contribution is -0.142. The fraction of sp³-hybridized carbons (Fsp3) is 0.320. The van der Waals surface area contributed by atoms with E-state index in [9.17, 15) is 9.90 Å². The molecule has 8 heteroatoms. The van der Waals surface area contributed by atoms with Gasteiger partial charge >= 0.3 is 5.97 Å². The third kappa shape index (κ3) is 4.35. The summed E-state index contributed by atoms with van der Waals surface area (Å²) in [5.74, 6) is 0.689. The maximum atomic E-state index is 11.4. The van der Waals surface area contributed by atoms with E-state index in [4.69, 9.17) is 26.3 Å². The first-order valence-corrected chi connectivity index (χ1v) is 12.2. The van der Waals surface area contributed by atoms with E-state index in [0.29, 0.717) is 30.2 Å². The van der Waals surface area contributed by atoms with Crippen LogP contribution in [-0.2, 0) is 11.3 Å². The van der Waals surface area contributed by atoms with Crippen LogP contribution >= 0.6 is 22.9 Å². The highest BCUT2D eigenvalue weighted by Gasteiger charge is 2.29. The van der Waals surface area contributed by atoms with Gasteiger partial charge in [-0.05, 0) is 49.9 Å². The van der Waals surface area contributed by atoms with Gasteiger partial charge < -0.3 is 15.2 Å². The fourth-order valence-electron chi connectivity index (χ4n) is 4.58. The average Bonchev–Trinajstić information content (AvgIpc) is 3.21. The molecular formula is C25H24ClN3O3S. The van der Waals surface area contributed by atoms with Crippen molar-refractivity contribution >= 4 is 54.9 Å². The van der Waals surface area contributed by atoms with Crippen LogP contribution in [-0.4, -0.2) is 28.2 Å². The largest absolute Gasteiger partial charge is 0.495 e. The number of aliphatic carboxylic acids is 1. The lowest BCUT2D eigenvalue weighted by Crippen LogP contribution is -2.21. The number of ether oxygens (including phenoxy) is 1. The van der Waals surface area contributed by atoms with Crippen molar-refractivity contribution in [1.29, 1.82) is 0 Å². The van der Waals surface area contributed by atoms with E-state index in [-0.39, 0.29) is 11.8 Å². The van der Waals surface area contributed by atoms with Crippen LogP contribution < -0.4 is 10.1 Å². The lowest BCUT2D eigenvalue weighted by Gasteiger charge is -2.25. The number of aromatic nitrogens is 2. The smallest absolute Gasteiger partial charge is 0.306 e. The van der Waals surface area contributed by atoms with Crippen LogP contribution in [0, 0.1) is 5.92 Å². The van der Waals surface area contributed by atoms with Crippen LogP contribution in [0.5, 0.6) is 5.75 Å². The van der Waals surface area contributed by atoms with Crippen molar-refractivity contribution in [3.8, 4) is 5.75 Å². The zero-order valence-corrected chi connectivity index (χ0v) is 19.7. The van der Waals surface area contributed by atoms with Gasteiger partial charge in [-0.2, -0.15) is 0 Å². The molecule has 0 atom stereocenters. The molecule has 0 unspecified atom stereocenters. The molecule has 1 saturated carbocycles. The molecule has 2 N–H and O–H groups in total. The van der Waals surface area contributed by atoms with Crippen LogP contribution in [0.1, 0.15) is 43.1 Å². The first-order valence-electron chi connectivity index (χ1n) is 11.0. The summed E-state index contributed by atoms with van der Waals surface area (Å²) in [5, 5.41) is 15.6. The Balaban J connectivity index is 1.50. The zero-order valence-electron chi connectivity index (χ0n) is 18.2. The van der Waals surface area contributed by atoms with Gasteiger partial charge in [0.25, 0.3) is 0 Å². The number of nitrogens with zero attached hydrogens (tertiary/aromatic N) is 2. The topological polar surface area (TPSA) is 84.3 Å². The number of halogens is 1. The van der Waals surface area contributed by atoms with Crippen LogP contribution in [0.3, 0.4) is 0 Å². The Bertz CT molecular complexity index is 1330. The summed E-state index contributed by atoms with van der Waals surface area (Å²) in [6.07, 6.45) is 2.94. The SMILES string of the molecule is COc1ccc(NCc2nc(C3CCC(C(=O)O)CC3)nc3sc4ccccc4c23)cc1Cl. The maximum absolute atomic E-state index is 11.4. The van der Waals surface area contributed by atoms with Gasteiger partial charge in [0, 0.05) is 27.1 Å². The lowest BCUT2D eigenvalue weighted by atomic mass is 9.81. The number of carbonyl (C=O) groups is 1. The maximum Gasteiger partial charge on any atom is 0.306 e. The molecule has 1 fully saturated rings. The molecule has 170 valence electrons. The molecule has 0 radical (unpaired) electrons. The van der Waals surface area contributed by atoms with Crippen LogP contribution in [0.4, 0.5) is 5.69 Å². The van der Waals surface area contributed by atoms with Crippen molar-refractivity contribution in [2.45, 2.75) is 38.1 Å².